The van der Waals surface area contributed by atoms with E-state index in [9.17, 15) is 32.3 Å². The van der Waals surface area contributed by atoms with Gasteiger partial charge >= 0.3 is 11.9 Å². The van der Waals surface area contributed by atoms with Crippen LogP contribution >= 0.6 is 0 Å². The Morgan fingerprint density at radius 3 is 2.55 bits per heavy atom. The molecular weight excluding hydrogens is 587 g/mol. The van der Waals surface area contributed by atoms with Gasteiger partial charge in [-0.1, -0.05) is 26.0 Å². The van der Waals surface area contributed by atoms with Crippen molar-refractivity contribution in [2.75, 3.05) is 24.5 Å². The summed E-state index contributed by atoms with van der Waals surface area (Å²) < 4.78 is 74.4. The number of benzene rings is 1. The maximum absolute atomic E-state index is 15.8. The Bertz CT molecular complexity index is 1820. The molecule has 1 aliphatic heterocycles. The van der Waals surface area contributed by atoms with E-state index in [2.05, 4.69) is 21.5 Å². The van der Waals surface area contributed by atoms with Gasteiger partial charge in [0.1, 0.15) is 23.1 Å². The summed E-state index contributed by atoms with van der Waals surface area (Å²) in [4.78, 5) is 41.6. The first-order valence-electron chi connectivity index (χ1n) is 13.7. The van der Waals surface area contributed by atoms with Crippen LogP contribution in [0.4, 0.5) is 27.8 Å². The fourth-order valence-corrected chi connectivity index (χ4v) is 5.45. The summed E-state index contributed by atoms with van der Waals surface area (Å²) >= 11 is 0. The topological polar surface area (TPSA) is 104 Å². The maximum Gasteiger partial charge on any atom is 0.418 e. The number of hydrogen-bond donors (Lipinski definition) is 1. The Morgan fingerprint density at radius 2 is 1.91 bits per heavy atom. The number of amides is 1. The van der Waals surface area contributed by atoms with Gasteiger partial charge in [0.05, 0.1) is 27.9 Å². The summed E-state index contributed by atoms with van der Waals surface area (Å²) in [5.74, 6) is -3.22. The molecule has 44 heavy (non-hydrogen) atoms. The lowest BCUT2D eigenvalue weighted by Gasteiger charge is -2.40. The molecule has 1 saturated heterocycles. The first-order valence-corrected chi connectivity index (χ1v) is 13.7. The lowest BCUT2D eigenvalue weighted by molar-refractivity contribution is -0.137. The van der Waals surface area contributed by atoms with Crippen LogP contribution in [0.3, 0.4) is 0 Å². The Kier molecular flexibility index (Phi) is 8.10. The molecule has 1 atom stereocenters. The summed E-state index contributed by atoms with van der Waals surface area (Å²) in [7, 11) is 0. The van der Waals surface area contributed by atoms with E-state index in [1.54, 1.807) is 18.7 Å². The van der Waals surface area contributed by atoms with Gasteiger partial charge in [-0.15, -0.1) is 0 Å². The molecule has 4 aromatic rings. The third kappa shape index (κ3) is 5.35. The molecule has 0 radical (unpaired) electrons. The number of anilines is 1. The third-order valence-electron chi connectivity index (χ3n) is 7.43. The van der Waals surface area contributed by atoms with Crippen LogP contribution in [0.2, 0.25) is 0 Å². The summed E-state index contributed by atoms with van der Waals surface area (Å²) in [5.41, 5.74) is -4.87. The lowest BCUT2D eigenvalue weighted by Crippen LogP contribution is -2.54. The standard InChI is InChI=1S/C30H27F5N6O3/c1-4-7-21-26(18(10-11-36-21)30(33,34)35)41-28-17(14-20(32)25(37-28)24-19(31)8-6-9-22(24)42)27(38-29(41)44)40-13-12-39(15-16(40)3)23(43)5-2/h5-6,8-11,14,16,42H,2,4,7,12-13,15H2,1,3H3/t16-/m0/s1. The molecule has 230 valence electrons. The second kappa shape index (κ2) is 11.7. The number of carbonyl (C=O) groups excluding carboxylic acids is 1. The maximum atomic E-state index is 15.8. The number of aromatic nitrogens is 4. The molecule has 1 amide bonds. The van der Waals surface area contributed by atoms with E-state index in [4.69, 9.17) is 0 Å². The minimum Gasteiger partial charge on any atom is -0.507 e. The molecule has 1 aromatic carbocycles. The van der Waals surface area contributed by atoms with E-state index in [1.807, 2.05) is 0 Å². The quantitative estimate of drug-likeness (QED) is 0.240. The van der Waals surface area contributed by atoms with Crippen LogP contribution in [0, 0.1) is 11.6 Å². The zero-order valence-corrected chi connectivity index (χ0v) is 23.7. The molecule has 5 rings (SSSR count). The van der Waals surface area contributed by atoms with Crippen molar-refractivity contribution in [2.45, 2.75) is 38.9 Å². The smallest absolute Gasteiger partial charge is 0.418 e. The highest BCUT2D eigenvalue weighted by Crippen LogP contribution is 2.39. The number of aromatic hydroxyl groups is 1. The van der Waals surface area contributed by atoms with Crippen molar-refractivity contribution in [3.8, 4) is 22.7 Å². The fourth-order valence-electron chi connectivity index (χ4n) is 5.45. The zero-order chi connectivity index (χ0) is 31.9. The van der Waals surface area contributed by atoms with Crippen LogP contribution in [0.25, 0.3) is 28.0 Å². The molecule has 0 saturated carbocycles. The number of halogens is 5. The molecule has 14 heteroatoms. The Balaban J connectivity index is 1.87. The number of carbonyl (C=O) groups is 1. The Labute approximate surface area is 247 Å². The van der Waals surface area contributed by atoms with E-state index < -0.39 is 63.4 Å². The predicted octanol–water partition coefficient (Wildman–Crippen LogP) is 5.02. The fraction of sp³-hybridized carbons (Fsp3) is 0.300. The number of aryl methyl sites for hydroxylation is 1. The van der Waals surface area contributed by atoms with Crippen molar-refractivity contribution >= 4 is 22.8 Å². The van der Waals surface area contributed by atoms with Crippen LogP contribution in [0.15, 0.2) is 54.0 Å². The number of fused-ring (bicyclic) bond motifs is 1. The molecule has 1 aliphatic rings. The number of phenols is 1. The first kappa shape index (κ1) is 30.6. The monoisotopic (exact) mass is 614 g/mol. The SMILES string of the molecule is C=CC(=O)N1CCN(c2nc(=O)n(-c3c(C(F)(F)F)ccnc3CCC)c3nc(-c4c(O)cccc4F)c(F)cc23)[C@@H](C)C1. The molecule has 3 aromatic heterocycles. The highest BCUT2D eigenvalue weighted by atomic mass is 19.4. The largest absolute Gasteiger partial charge is 0.507 e. The molecule has 0 unspecified atom stereocenters. The number of hydrogen-bond acceptors (Lipinski definition) is 7. The lowest BCUT2D eigenvalue weighted by atomic mass is 10.1. The van der Waals surface area contributed by atoms with E-state index in [1.165, 1.54) is 11.0 Å². The van der Waals surface area contributed by atoms with Crippen LogP contribution in [0.5, 0.6) is 5.75 Å². The Morgan fingerprint density at radius 1 is 1.16 bits per heavy atom. The average molecular weight is 615 g/mol. The van der Waals surface area contributed by atoms with E-state index in [-0.39, 0.29) is 48.9 Å². The number of phenolic OH excluding ortho intramolecular Hbond substituents is 1. The van der Waals surface area contributed by atoms with Crippen LogP contribution < -0.4 is 10.6 Å². The van der Waals surface area contributed by atoms with Crippen LogP contribution in [-0.2, 0) is 17.4 Å². The van der Waals surface area contributed by atoms with Gasteiger partial charge in [0.2, 0.25) is 5.91 Å². The number of pyridine rings is 2. The summed E-state index contributed by atoms with van der Waals surface area (Å²) in [6, 6.07) is 4.40. The molecule has 0 spiro atoms. The molecule has 9 nitrogen and oxygen atoms in total. The first-order chi connectivity index (χ1) is 20.9. The summed E-state index contributed by atoms with van der Waals surface area (Å²) in [6.45, 7) is 7.47. The van der Waals surface area contributed by atoms with Gasteiger partial charge in [0, 0.05) is 31.9 Å². The van der Waals surface area contributed by atoms with E-state index in [0.717, 1.165) is 30.5 Å². The summed E-state index contributed by atoms with van der Waals surface area (Å²) in [5, 5.41) is 10.3. The van der Waals surface area contributed by atoms with Gasteiger partial charge < -0.3 is 14.9 Å². The predicted molar refractivity (Wildman–Crippen MR) is 153 cm³/mol. The van der Waals surface area contributed by atoms with Crippen molar-refractivity contribution in [1.82, 2.24) is 24.4 Å². The Hall–Kier alpha value is -4.88. The van der Waals surface area contributed by atoms with Crippen LogP contribution in [0.1, 0.15) is 31.5 Å². The number of nitrogens with zero attached hydrogens (tertiary/aromatic N) is 6. The molecule has 4 heterocycles. The van der Waals surface area contributed by atoms with Crippen molar-refractivity contribution in [3.05, 3.63) is 82.6 Å². The van der Waals surface area contributed by atoms with Crippen molar-refractivity contribution in [2.24, 2.45) is 0 Å². The highest BCUT2D eigenvalue weighted by molar-refractivity contribution is 5.91. The number of piperazine rings is 1. The van der Waals surface area contributed by atoms with Gasteiger partial charge in [-0.05, 0) is 43.7 Å². The second-order valence-electron chi connectivity index (χ2n) is 10.3. The number of alkyl halides is 3. The van der Waals surface area contributed by atoms with Gasteiger partial charge in [-0.2, -0.15) is 18.2 Å². The number of rotatable bonds is 6. The third-order valence-corrected chi connectivity index (χ3v) is 7.43. The van der Waals surface area contributed by atoms with Gasteiger partial charge in [-0.3, -0.25) is 9.78 Å². The minimum atomic E-state index is -4.93. The normalized spacial score (nSPS) is 15.6. The van der Waals surface area contributed by atoms with Crippen LogP contribution in [-0.4, -0.2) is 61.1 Å². The molecular formula is C30H27F5N6O3. The highest BCUT2D eigenvalue weighted by Gasteiger charge is 2.37. The molecule has 1 fully saturated rings. The van der Waals surface area contributed by atoms with Crippen molar-refractivity contribution in [1.29, 1.82) is 0 Å². The summed E-state index contributed by atoms with van der Waals surface area (Å²) in [6.07, 6.45) is -2.36. The molecule has 1 N–H and O–H groups in total. The van der Waals surface area contributed by atoms with Crippen molar-refractivity contribution in [3.63, 3.8) is 0 Å². The molecule has 0 aliphatic carbocycles. The van der Waals surface area contributed by atoms with Crippen molar-refractivity contribution < 1.29 is 31.9 Å². The van der Waals surface area contributed by atoms with Gasteiger partial charge in [-0.25, -0.2) is 23.1 Å². The second-order valence-corrected chi connectivity index (χ2v) is 10.3. The average Bonchev–Trinajstić information content (AvgIpc) is 2.97. The molecule has 0 bridgehead atoms. The van der Waals surface area contributed by atoms with Gasteiger partial charge in [0.25, 0.3) is 0 Å². The van der Waals surface area contributed by atoms with E-state index >= 15 is 4.39 Å². The minimum absolute atomic E-state index is 0.0490. The van der Waals surface area contributed by atoms with E-state index in [0.29, 0.717) is 17.1 Å². The van der Waals surface area contributed by atoms with Gasteiger partial charge in [0.15, 0.2) is 11.5 Å². The zero-order valence-electron chi connectivity index (χ0n) is 23.7.